The third kappa shape index (κ3) is 4.54. The van der Waals surface area contributed by atoms with Crippen molar-refractivity contribution in [2.75, 3.05) is 7.11 Å². The van der Waals surface area contributed by atoms with Gasteiger partial charge in [-0.05, 0) is 55.0 Å². The lowest BCUT2D eigenvalue weighted by molar-refractivity contribution is -0.141. The van der Waals surface area contributed by atoms with E-state index in [2.05, 4.69) is 20.6 Å². The minimum absolute atomic E-state index is 0.0715. The number of pyridine rings is 1. The Morgan fingerprint density at radius 3 is 2.45 bits per heavy atom. The third-order valence-corrected chi connectivity index (χ3v) is 4.84. The van der Waals surface area contributed by atoms with E-state index in [9.17, 15) is 18.0 Å². The maximum atomic E-state index is 13.6. The van der Waals surface area contributed by atoms with E-state index in [1.54, 1.807) is 61.5 Å². The summed E-state index contributed by atoms with van der Waals surface area (Å²) in [7, 11) is 1.54. The van der Waals surface area contributed by atoms with Gasteiger partial charge in [0.05, 0.1) is 35.7 Å². The molecule has 2 heterocycles. The summed E-state index contributed by atoms with van der Waals surface area (Å²) in [6.45, 7) is 1.61. The van der Waals surface area contributed by atoms with Crippen LogP contribution >= 0.6 is 0 Å². The second-order valence-electron chi connectivity index (χ2n) is 7.06. The first kappa shape index (κ1) is 22.0. The summed E-state index contributed by atoms with van der Waals surface area (Å²) >= 11 is 0. The molecule has 0 aliphatic carbocycles. The molecule has 0 fully saturated rings. The molecule has 1 N–H and O–H groups in total. The van der Waals surface area contributed by atoms with Gasteiger partial charge in [-0.15, -0.1) is 0 Å². The van der Waals surface area contributed by atoms with Crippen LogP contribution in [0.2, 0.25) is 0 Å². The van der Waals surface area contributed by atoms with E-state index in [1.165, 1.54) is 18.0 Å². The molecule has 33 heavy (non-hydrogen) atoms. The van der Waals surface area contributed by atoms with Crippen LogP contribution in [0.3, 0.4) is 0 Å². The minimum Gasteiger partial charge on any atom is -0.497 e. The first-order chi connectivity index (χ1) is 15.8. The second kappa shape index (κ2) is 8.73. The molecule has 0 atom stereocenters. The predicted molar refractivity (Wildman–Crippen MR) is 117 cm³/mol. The Hall–Kier alpha value is -4.21. The molecule has 7 nitrogen and oxygen atoms in total. The molecular weight excluding hydrogens is 435 g/mol. The maximum Gasteiger partial charge on any atom is 0.433 e. The van der Waals surface area contributed by atoms with Crippen molar-refractivity contribution in [3.8, 4) is 11.4 Å². The monoisotopic (exact) mass is 453 g/mol. The van der Waals surface area contributed by atoms with E-state index < -0.39 is 17.8 Å². The zero-order chi connectivity index (χ0) is 23.6. The lowest BCUT2D eigenvalue weighted by Gasteiger charge is -2.10. The van der Waals surface area contributed by atoms with Crippen molar-refractivity contribution in [1.29, 1.82) is 0 Å². The summed E-state index contributed by atoms with van der Waals surface area (Å²) in [6.07, 6.45) is -3.38. The first-order valence-electron chi connectivity index (χ1n) is 9.78. The number of benzene rings is 2. The molecule has 0 radical (unpaired) electrons. The predicted octanol–water partition coefficient (Wildman–Crippen LogP) is 4.52. The molecular formula is C23H18F3N5O2. The molecule has 4 aromatic rings. The van der Waals surface area contributed by atoms with Crippen molar-refractivity contribution < 1.29 is 22.7 Å². The summed E-state index contributed by atoms with van der Waals surface area (Å²) < 4.78 is 47.1. The number of para-hydroxylation sites is 1. The van der Waals surface area contributed by atoms with Crippen molar-refractivity contribution in [1.82, 2.24) is 20.2 Å². The number of amides is 1. The number of carbonyl (C=O) groups is 1. The number of hydrogen-bond donors (Lipinski definition) is 1. The van der Waals surface area contributed by atoms with Gasteiger partial charge < -0.3 is 4.74 Å². The molecule has 4 rings (SSSR count). The van der Waals surface area contributed by atoms with Gasteiger partial charge in [0.25, 0.3) is 5.91 Å². The standard InChI is InChI=1S/C23H18F3N5O2/c1-14-20-18(22(32)29-27-13-15-8-10-17(33-2)11-9-15)12-19(23(24,25)26)28-21(20)31(30-14)16-6-4-3-5-7-16/h3-13H,1-2H3,(H,29,32)/b27-13+. The first-order valence-corrected chi connectivity index (χ1v) is 9.78. The van der Waals surface area contributed by atoms with Gasteiger partial charge in [-0.2, -0.15) is 23.4 Å². The van der Waals surface area contributed by atoms with Gasteiger partial charge in [0.15, 0.2) is 5.65 Å². The number of alkyl halides is 3. The normalized spacial score (nSPS) is 11.8. The summed E-state index contributed by atoms with van der Waals surface area (Å²) in [5.74, 6) is -0.158. The van der Waals surface area contributed by atoms with E-state index >= 15 is 0 Å². The average molecular weight is 453 g/mol. The highest BCUT2D eigenvalue weighted by Gasteiger charge is 2.35. The number of hydrogen-bond acceptors (Lipinski definition) is 5. The van der Waals surface area contributed by atoms with Crippen LogP contribution in [0.4, 0.5) is 13.2 Å². The molecule has 0 aliphatic rings. The average Bonchev–Trinajstić information content (AvgIpc) is 3.15. The largest absolute Gasteiger partial charge is 0.497 e. The van der Waals surface area contributed by atoms with E-state index in [-0.39, 0.29) is 16.6 Å². The molecule has 0 unspecified atom stereocenters. The second-order valence-corrected chi connectivity index (χ2v) is 7.06. The van der Waals surface area contributed by atoms with Crippen LogP contribution in [0, 0.1) is 6.92 Å². The molecule has 168 valence electrons. The summed E-state index contributed by atoms with van der Waals surface area (Å²) in [5.41, 5.74) is 2.34. The van der Waals surface area contributed by atoms with E-state index in [0.717, 1.165) is 0 Å². The fraction of sp³-hybridized carbons (Fsp3) is 0.130. The van der Waals surface area contributed by atoms with Gasteiger partial charge >= 0.3 is 6.18 Å². The lowest BCUT2D eigenvalue weighted by atomic mass is 10.1. The fourth-order valence-electron chi connectivity index (χ4n) is 3.28. The van der Waals surface area contributed by atoms with Gasteiger partial charge in [0.2, 0.25) is 0 Å². The number of rotatable bonds is 5. The van der Waals surface area contributed by atoms with Crippen LogP contribution < -0.4 is 10.2 Å². The number of carbonyl (C=O) groups excluding carboxylic acids is 1. The summed E-state index contributed by atoms with van der Waals surface area (Å²) in [4.78, 5) is 16.6. The fourth-order valence-corrected chi connectivity index (χ4v) is 3.28. The minimum atomic E-state index is -4.75. The Morgan fingerprint density at radius 1 is 1.12 bits per heavy atom. The van der Waals surface area contributed by atoms with Crippen molar-refractivity contribution in [3.05, 3.63) is 83.2 Å². The summed E-state index contributed by atoms with van der Waals surface area (Å²) in [5, 5.41) is 8.41. The van der Waals surface area contributed by atoms with Crippen molar-refractivity contribution in [2.24, 2.45) is 5.10 Å². The smallest absolute Gasteiger partial charge is 0.433 e. The quantitative estimate of drug-likeness (QED) is 0.356. The van der Waals surface area contributed by atoms with Gasteiger partial charge in [-0.25, -0.2) is 15.1 Å². The number of ether oxygens (including phenoxy) is 1. The molecule has 0 bridgehead atoms. The number of hydrazone groups is 1. The number of aromatic nitrogens is 3. The Labute approximate surface area is 186 Å². The highest BCUT2D eigenvalue weighted by Crippen LogP contribution is 2.32. The van der Waals surface area contributed by atoms with Gasteiger partial charge in [-0.3, -0.25) is 4.79 Å². The van der Waals surface area contributed by atoms with Crippen LogP contribution in [0.15, 0.2) is 65.8 Å². The Morgan fingerprint density at radius 2 is 1.82 bits per heavy atom. The van der Waals surface area contributed by atoms with Gasteiger partial charge in [-0.1, -0.05) is 18.2 Å². The zero-order valence-electron chi connectivity index (χ0n) is 17.6. The molecule has 0 saturated heterocycles. The van der Waals surface area contributed by atoms with E-state index in [0.29, 0.717) is 28.8 Å². The van der Waals surface area contributed by atoms with Crippen molar-refractivity contribution >= 4 is 23.2 Å². The number of nitrogens with one attached hydrogen (secondary N) is 1. The topological polar surface area (TPSA) is 81.4 Å². The number of nitrogens with zero attached hydrogens (tertiary/aromatic N) is 4. The highest BCUT2D eigenvalue weighted by atomic mass is 19.4. The highest BCUT2D eigenvalue weighted by molar-refractivity contribution is 6.07. The van der Waals surface area contributed by atoms with E-state index in [4.69, 9.17) is 4.74 Å². The van der Waals surface area contributed by atoms with Crippen molar-refractivity contribution in [3.63, 3.8) is 0 Å². The zero-order valence-corrected chi connectivity index (χ0v) is 17.6. The van der Waals surface area contributed by atoms with Crippen LogP contribution in [0.25, 0.3) is 16.7 Å². The Bertz CT molecular complexity index is 1330. The third-order valence-electron chi connectivity index (χ3n) is 4.84. The van der Waals surface area contributed by atoms with Crippen LogP contribution in [0.1, 0.15) is 27.3 Å². The van der Waals surface area contributed by atoms with Gasteiger partial charge in [0, 0.05) is 0 Å². The molecule has 0 spiro atoms. The van der Waals surface area contributed by atoms with E-state index in [1.807, 2.05) is 0 Å². The molecule has 10 heteroatoms. The van der Waals surface area contributed by atoms with Crippen LogP contribution in [0.5, 0.6) is 5.75 Å². The molecule has 1 amide bonds. The molecule has 0 aliphatic heterocycles. The SMILES string of the molecule is COc1ccc(/C=N/NC(=O)c2cc(C(F)(F)F)nc3c2c(C)nn3-c2ccccc2)cc1. The molecule has 2 aromatic heterocycles. The number of halogens is 3. The Kier molecular flexibility index (Phi) is 5.82. The van der Waals surface area contributed by atoms with Crippen LogP contribution in [-0.2, 0) is 6.18 Å². The van der Waals surface area contributed by atoms with Gasteiger partial charge in [0.1, 0.15) is 11.4 Å². The molecule has 2 aromatic carbocycles. The lowest BCUT2D eigenvalue weighted by Crippen LogP contribution is -2.20. The number of aryl methyl sites for hydroxylation is 1. The summed E-state index contributed by atoms with van der Waals surface area (Å²) in [6, 6.07) is 16.2. The Balaban J connectivity index is 1.74. The van der Waals surface area contributed by atoms with Crippen molar-refractivity contribution in [2.45, 2.75) is 13.1 Å². The van der Waals surface area contributed by atoms with Crippen LogP contribution in [-0.4, -0.2) is 34.0 Å². The number of methoxy groups -OCH3 is 1. The molecule has 0 saturated carbocycles. The number of fused-ring (bicyclic) bond motifs is 1. The maximum absolute atomic E-state index is 13.6.